The number of carbonyl (C=O) groups excluding carboxylic acids is 4. The number of fused-ring (bicyclic) bond motifs is 2. The van der Waals surface area contributed by atoms with Crippen LogP contribution in [0.5, 0.6) is 0 Å². The van der Waals surface area contributed by atoms with Gasteiger partial charge in [0, 0.05) is 49.0 Å². The summed E-state index contributed by atoms with van der Waals surface area (Å²) in [6, 6.07) is 0. The second kappa shape index (κ2) is 9.20. The molecule has 0 saturated heterocycles. The van der Waals surface area contributed by atoms with Crippen LogP contribution >= 0.6 is 0 Å². The summed E-state index contributed by atoms with van der Waals surface area (Å²) in [7, 11) is 0. The predicted molar refractivity (Wildman–Crippen MR) is 144 cm³/mol. The fourth-order valence-corrected chi connectivity index (χ4v) is 11.2. The Labute approximate surface area is 232 Å². The van der Waals surface area contributed by atoms with E-state index in [1.54, 1.807) is 13.8 Å². The van der Waals surface area contributed by atoms with Crippen molar-refractivity contribution in [3.63, 3.8) is 0 Å². The van der Waals surface area contributed by atoms with Crippen molar-refractivity contribution in [2.75, 3.05) is 6.61 Å². The fourth-order valence-electron chi connectivity index (χ4n) is 11.2. The number of hydrogen-bond acceptors (Lipinski definition) is 7. The molecule has 5 fully saturated rings. The molecule has 1 unspecified atom stereocenters. The Kier molecular flexibility index (Phi) is 6.82. The summed E-state index contributed by atoms with van der Waals surface area (Å²) in [4.78, 5) is 51.9. The second-order valence-corrected chi connectivity index (χ2v) is 14.8. The Morgan fingerprint density at radius 1 is 1.05 bits per heavy atom. The first-order chi connectivity index (χ1) is 18.1. The molecule has 0 aromatic rings. The molecular formula is C32H48O7. The summed E-state index contributed by atoms with van der Waals surface area (Å²) in [5.74, 6) is -2.38. The Hall–Kier alpha value is -1.60. The highest BCUT2D eigenvalue weighted by atomic mass is 16.5. The third-order valence-electron chi connectivity index (χ3n) is 13.6. The fraction of sp³-hybridized carbons (Fsp3) is 0.875. The number of esters is 1. The summed E-state index contributed by atoms with van der Waals surface area (Å²) in [6.45, 7) is 13.1. The highest BCUT2D eigenvalue weighted by Crippen LogP contribution is 2.88. The Morgan fingerprint density at radius 2 is 1.72 bits per heavy atom. The number of aliphatic hydroxyl groups excluding tert-OH is 2. The normalized spacial score (nSPS) is 48.5. The molecule has 2 spiro atoms. The first-order valence-electron chi connectivity index (χ1n) is 15.2. The molecule has 5 aliphatic rings. The summed E-state index contributed by atoms with van der Waals surface area (Å²) in [6.07, 6.45) is 4.41. The van der Waals surface area contributed by atoms with Gasteiger partial charge in [0.15, 0.2) is 0 Å². The number of rotatable bonds is 7. The highest BCUT2D eigenvalue weighted by molar-refractivity contribution is 6.38. The van der Waals surface area contributed by atoms with Crippen LogP contribution in [-0.2, 0) is 23.9 Å². The van der Waals surface area contributed by atoms with Gasteiger partial charge in [-0.25, -0.2) is 0 Å². The zero-order valence-corrected chi connectivity index (χ0v) is 24.8. The minimum atomic E-state index is -0.613. The Bertz CT molecular complexity index is 1080. The number of ether oxygens (including phenoxy) is 1. The van der Waals surface area contributed by atoms with E-state index < -0.39 is 35.6 Å². The summed E-state index contributed by atoms with van der Waals surface area (Å²) in [5.41, 5.74) is -0.809. The molecule has 0 amide bonds. The number of ketones is 3. The monoisotopic (exact) mass is 544 g/mol. The van der Waals surface area contributed by atoms with Gasteiger partial charge < -0.3 is 14.9 Å². The van der Waals surface area contributed by atoms with Crippen molar-refractivity contribution in [1.82, 2.24) is 0 Å². The van der Waals surface area contributed by atoms with Crippen LogP contribution in [0.3, 0.4) is 0 Å². The number of carbonyl (C=O) groups is 4. The van der Waals surface area contributed by atoms with Crippen molar-refractivity contribution in [3.05, 3.63) is 0 Å². The number of Topliss-reactive ketones (excluding diaryl/α,β-unsaturated/α-hetero) is 3. The van der Waals surface area contributed by atoms with E-state index >= 15 is 0 Å². The molecule has 0 aliphatic heterocycles. The van der Waals surface area contributed by atoms with Gasteiger partial charge in [-0.05, 0) is 72.5 Å². The minimum Gasteiger partial charge on any atom is -0.462 e. The van der Waals surface area contributed by atoms with Crippen LogP contribution in [0.1, 0.15) is 93.4 Å². The molecular weight excluding hydrogens is 496 g/mol. The topological polar surface area (TPSA) is 118 Å². The molecule has 13 atom stereocenters. The second-order valence-electron chi connectivity index (χ2n) is 14.8. The molecule has 5 rings (SSSR count). The molecule has 39 heavy (non-hydrogen) atoms. The van der Waals surface area contributed by atoms with Crippen LogP contribution < -0.4 is 0 Å². The molecule has 7 nitrogen and oxygen atoms in total. The largest absolute Gasteiger partial charge is 0.462 e. The van der Waals surface area contributed by atoms with Crippen molar-refractivity contribution >= 4 is 23.3 Å². The van der Waals surface area contributed by atoms with E-state index in [-0.39, 0.29) is 70.1 Å². The van der Waals surface area contributed by atoms with Crippen molar-refractivity contribution in [2.24, 2.45) is 63.1 Å². The third-order valence-corrected chi connectivity index (χ3v) is 13.6. The SMILES string of the molecule is CC(=O)O[C@H]1C[C@@]2(C)[C@@H]3CC[C@H]4[C@H](C)C(=O)C[C@H](O)[C@@]45C[C@@]35CC[C@]2(C)[C@H]1[C@H](C)C(=O)C(=O)C(C)[C@@H](C)CO. The Morgan fingerprint density at radius 3 is 2.33 bits per heavy atom. The molecule has 0 heterocycles. The van der Waals surface area contributed by atoms with Crippen LogP contribution in [-0.4, -0.2) is 52.3 Å². The quantitative estimate of drug-likeness (QED) is 0.365. The average Bonchev–Trinajstić information content (AvgIpc) is 3.52. The summed E-state index contributed by atoms with van der Waals surface area (Å²) >= 11 is 0. The maximum Gasteiger partial charge on any atom is 0.302 e. The van der Waals surface area contributed by atoms with E-state index in [0.29, 0.717) is 12.3 Å². The minimum absolute atomic E-state index is 0.0214. The lowest BCUT2D eigenvalue weighted by Gasteiger charge is -2.61. The van der Waals surface area contributed by atoms with Crippen molar-refractivity contribution in [1.29, 1.82) is 0 Å². The summed E-state index contributed by atoms with van der Waals surface area (Å²) in [5, 5.41) is 21.0. The van der Waals surface area contributed by atoms with Gasteiger partial charge in [0.1, 0.15) is 11.9 Å². The van der Waals surface area contributed by atoms with Gasteiger partial charge in [-0.15, -0.1) is 0 Å². The molecule has 2 N–H and O–H groups in total. The molecule has 0 aromatic heterocycles. The van der Waals surface area contributed by atoms with Crippen LogP contribution in [0.2, 0.25) is 0 Å². The van der Waals surface area contributed by atoms with Gasteiger partial charge in [-0.3, -0.25) is 19.2 Å². The van der Waals surface area contributed by atoms with E-state index in [9.17, 15) is 29.4 Å². The van der Waals surface area contributed by atoms with Crippen LogP contribution in [0.25, 0.3) is 0 Å². The van der Waals surface area contributed by atoms with Crippen LogP contribution in [0, 0.1) is 63.1 Å². The molecule has 5 aliphatic carbocycles. The third kappa shape index (κ3) is 3.60. The van der Waals surface area contributed by atoms with Gasteiger partial charge in [-0.1, -0.05) is 41.5 Å². The molecule has 0 bridgehead atoms. The van der Waals surface area contributed by atoms with Crippen molar-refractivity contribution in [2.45, 2.75) is 106 Å². The van der Waals surface area contributed by atoms with E-state index in [1.165, 1.54) is 6.92 Å². The number of aliphatic hydroxyl groups is 2. The smallest absolute Gasteiger partial charge is 0.302 e. The lowest BCUT2D eigenvalue weighted by atomic mass is 9.42. The molecule has 218 valence electrons. The molecule has 5 saturated carbocycles. The standard InChI is InChI=1S/C32H48O7/c1-16(14-33)17(2)27(37)28(38)19(4)26-23(39-20(5)34)13-30(7)24-9-8-21-18(3)22(35)12-25(36)32(21)15-31(24,32)11-10-29(26,30)6/h16-19,21,23-26,33,36H,8-15H2,1-7H3/t16-,17?,18-,19-,21-,23-,24-,25-,26-,29+,30-,31-,32+/m0/s1. The molecule has 0 radical (unpaired) electrons. The van der Waals surface area contributed by atoms with Crippen molar-refractivity contribution in [3.8, 4) is 0 Å². The van der Waals surface area contributed by atoms with Gasteiger partial charge in [0.05, 0.1) is 6.10 Å². The van der Waals surface area contributed by atoms with Gasteiger partial charge in [-0.2, -0.15) is 0 Å². The van der Waals surface area contributed by atoms with E-state index in [4.69, 9.17) is 4.74 Å². The van der Waals surface area contributed by atoms with Gasteiger partial charge >= 0.3 is 5.97 Å². The zero-order valence-electron chi connectivity index (χ0n) is 24.8. The lowest BCUT2D eigenvalue weighted by molar-refractivity contribution is -0.167. The highest BCUT2D eigenvalue weighted by Gasteiger charge is 2.84. The average molecular weight is 545 g/mol. The predicted octanol–water partition coefficient (Wildman–Crippen LogP) is 4.16. The van der Waals surface area contributed by atoms with E-state index in [1.807, 2.05) is 13.8 Å². The first-order valence-corrected chi connectivity index (χ1v) is 15.2. The van der Waals surface area contributed by atoms with Crippen LogP contribution in [0.4, 0.5) is 0 Å². The van der Waals surface area contributed by atoms with Gasteiger partial charge in [0.2, 0.25) is 11.6 Å². The van der Waals surface area contributed by atoms with E-state index in [2.05, 4.69) is 13.8 Å². The molecule has 0 aromatic carbocycles. The van der Waals surface area contributed by atoms with E-state index in [0.717, 1.165) is 32.1 Å². The van der Waals surface area contributed by atoms with Crippen molar-refractivity contribution < 1.29 is 34.1 Å². The maximum atomic E-state index is 13.7. The first kappa shape index (κ1) is 28.9. The zero-order chi connectivity index (χ0) is 28.9. The Balaban J connectivity index is 1.51. The number of hydrogen-bond donors (Lipinski definition) is 2. The maximum absolute atomic E-state index is 13.7. The lowest BCUT2D eigenvalue weighted by Crippen LogP contribution is -2.58. The van der Waals surface area contributed by atoms with Gasteiger partial charge in [0.25, 0.3) is 0 Å². The van der Waals surface area contributed by atoms with Crippen LogP contribution in [0.15, 0.2) is 0 Å². The molecule has 7 heteroatoms. The summed E-state index contributed by atoms with van der Waals surface area (Å²) < 4.78 is 5.97.